The molecule has 7 nitrogen and oxygen atoms in total. The number of imide groups is 1. The normalized spacial score (nSPS) is 18.4. The van der Waals surface area contributed by atoms with Crippen molar-refractivity contribution in [2.45, 2.75) is 50.1 Å². The van der Waals surface area contributed by atoms with E-state index in [4.69, 9.17) is 4.98 Å². The van der Waals surface area contributed by atoms with Crippen molar-refractivity contribution in [3.05, 3.63) is 77.9 Å². The maximum absolute atomic E-state index is 13.5. The SMILES string of the molecule is Cc1ccc(S(=O)(=O)N(C2CC2)C2CC(=O)N(c3ccc(-c4nc5ccc(C)cc5s4)cc3)C2=O)cc1. The van der Waals surface area contributed by atoms with Crippen LogP contribution < -0.4 is 4.90 Å². The summed E-state index contributed by atoms with van der Waals surface area (Å²) in [6, 6.07) is 18.5. The third-order valence-electron chi connectivity index (χ3n) is 6.85. The highest BCUT2D eigenvalue weighted by Gasteiger charge is 2.51. The maximum atomic E-state index is 13.5. The fourth-order valence-corrected chi connectivity index (χ4v) is 7.67. The Labute approximate surface area is 219 Å². The summed E-state index contributed by atoms with van der Waals surface area (Å²) in [6.45, 7) is 3.93. The molecule has 0 radical (unpaired) electrons. The Hall–Kier alpha value is -3.40. The number of benzene rings is 3. The Morgan fingerprint density at radius 1 is 0.919 bits per heavy atom. The van der Waals surface area contributed by atoms with E-state index in [9.17, 15) is 18.0 Å². The number of rotatable bonds is 6. The Kier molecular flexibility index (Phi) is 5.74. The van der Waals surface area contributed by atoms with Gasteiger partial charge < -0.3 is 0 Å². The molecule has 37 heavy (non-hydrogen) atoms. The second-order valence-corrected chi connectivity index (χ2v) is 12.6. The Bertz CT molecular complexity index is 1640. The molecule has 188 valence electrons. The molecular weight excluding hydrogens is 506 g/mol. The lowest BCUT2D eigenvalue weighted by Gasteiger charge is -2.26. The predicted octanol–water partition coefficient (Wildman–Crippen LogP) is 5.07. The summed E-state index contributed by atoms with van der Waals surface area (Å²) in [4.78, 5) is 32.5. The van der Waals surface area contributed by atoms with Crippen LogP contribution in [-0.4, -0.2) is 41.6 Å². The molecule has 2 fully saturated rings. The summed E-state index contributed by atoms with van der Waals surface area (Å²) in [6.07, 6.45) is 1.19. The van der Waals surface area contributed by atoms with Gasteiger partial charge in [0.25, 0.3) is 5.91 Å². The summed E-state index contributed by atoms with van der Waals surface area (Å²) >= 11 is 1.59. The molecular formula is C28H25N3O4S2. The zero-order valence-corrected chi connectivity index (χ0v) is 22.1. The number of hydrogen-bond acceptors (Lipinski definition) is 6. The van der Waals surface area contributed by atoms with E-state index in [1.807, 2.05) is 38.1 Å². The fraction of sp³-hybridized carbons (Fsp3) is 0.250. The lowest BCUT2D eigenvalue weighted by Crippen LogP contribution is -2.46. The van der Waals surface area contributed by atoms with Gasteiger partial charge in [-0.3, -0.25) is 9.59 Å². The minimum absolute atomic E-state index is 0.138. The average Bonchev–Trinajstić information content (AvgIpc) is 3.54. The molecule has 1 atom stereocenters. The van der Waals surface area contributed by atoms with Gasteiger partial charge in [-0.15, -0.1) is 11.3 Å². The number of aromatic nitrogens is 1. The highest BCUT2D eigenvalue weighted by molar-refractivity contribution is 7.89. The van der Waals surface area contributed by atoms with Crippen molar-refractivity contribution in [2.75, 3.05) is 4.90 Å². The monoisotopic (exact) mass is 531 g/mol. The van der Waals surface area contributed by atoms with Crippen LogP contribution >= 0.6 is 11.3 Å². The summed E-state index contributed by atoms with van der Waals surface area (Å²) < 4.78 is 29.5. The van der Waals surface area contributed by atoms with E-state index in [1.165, 1.54) is 9.87 Å². The molecule has 4 aromatic rings. The summed E-state index contributed by atoms with van der Waals surface area (Å²) in [5.41, 5.74) is 4.36. The number of hydrogen-bond donors (Lipinski definition) is 0. The molecule has 0 spiro atoms. The number of carbonyl (C=O) groups excluding carboxylic acids is 2. The Morgan fingerprint density at radius 2 is 1.59 bits per heavy atom. The van der Waals surface area contributed by atoms with Gasteiger partial charge in [0.2, 0.25) is 15.9 Å². The molecule has 1 saturated carbocycles. The quantitative estimate of drug-likeness (QED) is 0.325. The first-order chi connectivity index (χ1) is 17.7. The first-order valence-corrected chi connectivity index (χ1v) is 14.4. The molecule has 3 aromatic carbocycles. The molecule has 0 bridgehead atoms. The minimum Gasteiger partial charge on any atom is -0.274 e. The molecule has 0 N–H and O–H groups in total. The lowest BCUT2D eigenvalue weighted by molar-refractivity contribution is -0.122. The van der Waals surface area contributed by atoms with Gasteiger partial charge in [0, 0.05) is 11.6 Å². The van der Waals surface area contributed by atoms with Gasteiger partial charge in [-0.2, -0.15) is 4.31 Å². The van der Waals surface area contributed by atoms with Gasteiger partial charge in [0.15, 0.2) is 0 Å². The number of sulfonamides is 1. The van der Waals surface area contributed by atoms with E-state index in [0.717, 1.165) is 31.3 Å². The fourth-order valence-electron chi connectivity index (χ4n) is 4.77. The first-order valence-electron chi connectivity index (χ1n) is 12.2. The van der Waals surface area contributed by atoms with Crippen molar-refractivity contribution in [1.29, 1.82) is 0 Å². The van der Waals surface area contributed by atoms with Gasteiger partial charge in [-0.05, 0) is 80.8 Å². The van der Waals surface area contributed by atoms with Gasteiger partial charge >= 0.3 is 0 Å². The molecule has 9 heteroatoms. The molecule has 1 saturated heterocycles. The second-order valence-electron chi connectivity index (χ2n) is 9.70. The summed E-state index contributed by atoms with van der Waals surface area (Å²) in [5, 5.41) is 0.855. The topological polar surface area (TPSA) is 87.7 Å². The predicted molar refractivity (Wildman–Crippen MR) is 144 cm³/mol. The number of amides is 2. The average molecular weight is 532 g/mol. The Balaban J connectivity index is 1.28. The summed E-state index contributed by atoms with van der Waals surface area (Å²) in [5.74, 6) is -0.904. The zero-order chi connectivity index (χ0) is 25.9. The van der Waals surface area contributed by atoms with Crippen molar-refractivity contribution in [3.8, 4) is 10.6 Å². The van der Waals surface area contributed by atoms with Crippen molar-refractivity contribution in [1.82, 2.24) is 9.29 Å². The first kappa shape index (κ1) is 24.0. The molecule has 2 aliphatic rings. The molecule has 1 aromatic heterocycles. The van der Waals surface area contributed by atoms with E-state index in [0.29, 0.717) is 18.5 Å². The molecule has 1 aliphatic heterocycles. The number of fused-ring (bicyclic) bond motifs is 1. The van der Waals surface area contributed by atoms with Gasteiger partial charge in [-0.25, -0.2) is 18.3 Å². The van der Waals surface area contributed by atoms with Crippen LogP contribution in [0, 0.1) is 13.8 Å². The number of carbonyl (C=O) groups is 2. The highest BCUT2D eigenvalue weighted by Crippen LogP contribution is 2.39. The number of anilines is 1. The van der Waals surface area contributed by atoms with E-state index >= 15 is 0 Å². The van der Waals surface area contributed by atoms with Crippen LogP contribution in [0.5, 0.6) is 0 Å². The van der Waals surface area contributed by atoms with E-state index in [-0.39, 0.29) is 17.4 Å². The summed E-state index contributed by atoms with van der Waals surface area (Å²) in [7, 11) is -3.93. The highest BCUT2D eigenvalue weighted by atomic mass is 32.2. The molecule has 2 heterocycles. The van der Waals surface area contributed by atoms with Crippen LogP contribution in [0.3, 0.4) is 0 Å². The minimum atomic E-state index is -3.93. The third-order valence-corrected chi connectivity index (χ3v) is 9.89. The van der Waals surface area contributed by atoms with Crippen LogP contribution in [-0.2, 0) is 19.6 Å². The molecule has 1 unspecified atom stereocenters. The zero-order valence-electron chi connectivity index (χ0n) is 20.4. The van der Waals surface area contributed by atoms with Gasteiger partial charge in [-0.1, -0.05) is 23.8 Å². The van der Waals surface area contributed by atoms with E-state index in [1.54, 1.807) is 47.7 Å². The van der Waals surface area contributed by atoms with Gasteiger partial charge in [0.05, 0.1) is 27.2 Å². The molecule has 1 aliphatic carbocycles. The lowest BCUT2D eigenvalue weighted by atomic mass is 10.2. The van der Waals surface area contributed by atoms with Crippen molar-refractivity contribution >= 4 is 49.1 Å². The number of thiazole rings is 1. The molecule has 6 rings (SSSR count). The van der Waals surface area contributed by atoms with Crippen LogP contribution in [0.15, 0.2) is 71.6 Å². The van der Waals surface area contributed by atoms with Crippen LogP contribution in [0.4, 0.5) is 5.69 Å². The molecule has 2 amide bonds. The van der Waals surface area contributed by atoms with Gasteiger partial charge in [0.1, 0.15) is 11.0 Å². The van der Waals surface area contributed by atoms with Crippen LogP contribution in [0.25, 0.3) is 20.8 Å². The number of nitrogens with zero attached hydrogens (tertiary/aromatic N) is 3. The third kappa shape index (κ3) is 4.27. The van der Waals surface area contributed by atoms with Crippen molar-refractivity contribution in [3.63, 3.8) is 0 Å². The number of aryl methyl sites for hydroxylation is 2. The largest absolute Gasteiger partial charge is 0.274 e. The Morgan fingerprint density at radius 3 is 2.27 bits per heavy atom. The maximum Gasteiger partial charge on any atom is 0.252 e. The standard InChI is InChI=1S/C28H25N3O4S2/c1-17-3-12-22(13-4-17)37(34,35)31(21-10-11-21)24-16-26(32)30(28(24)33)20-8-6-19(7-9-20)27-29-23-14-5-18(2)15-25(23)36-27/h3-9,12-15,21,24H,10-11,16H2,1-2H3. The van der Waals surface area contributed by atoms with Crippen molar-refractivity contribution < 1.29 is 18.0 Å². The van der Waals surface area contributed by atoms with E-state index in [2.05, 4.69) is 6.07 Å². The van der Waals surface area contributed by atoms with E-state index < -0.39 is 27.9 Å². The van der Waals surface area contributed by atoms with Crippen molar-refractivity contribution in [2.24, 2.45) is 0 Å². The smallest absolute Gasteiger partial charge is 0.252 e. The second kappa shape index (κ2) is 8.86. The van der Waals surface area contributed by atoms with Crippen LogP contribution in [0.1, 0.15) is 30.4 Å². The van der Waals surface area contributed by atoms with Crippen LogP contribution in [0.2, 0.25) is 0 Å².